The molecule has 14 heteroatoms. The van der Waals surface area contributed by atoms with Crippen LogP contribution >= 0.6 is 0 Å². The molecule has 0 spiro atoms. The van der Waals surface area contributed by atoms with E-state index in [1.54, 1.807) is 20.6 Å². The van der Waals surface area contributed by atoms with Crippen molar-refractivity contribution in [1.29, 1.82) is 0 Å². The van der Waals surface area contributed by atoms with Crippen molar-refractivity contribution in [2.75, 3.05) is 29.9 Å². The highest BCUT2D eigenvalue weighted by molar-refractivity contribution is 6.50. The summed E-state index contributed by atoms with van der Waals surface area (Å²) in [6, 6.07) is 4.86. The van der Waals surface area contributed by atoms with Crippen LogP contribution in [0, 0.1) is 11.7 Å². The number of benzene rings is 1. The van der Waals surface area contributed by atoms with Gasteiger partial charge in [0.05, 0.1) is 11.7 Å². The molecule has 0 bridgehead atoms. The zero-order chi connectivity index (χ0) is 27.0. The number of nitrogens with two attached hydrogens (primary N) is 1. The summed E-state index contributed by atoms with van der Waals surface area (Å²) in [6.45, 7) is 1.30. The zero-order valence-electron chi connectivity index (χ0n) is 20.8. The molecular weight excluding hydrogens is 490 g/mol. The van der Waals surface area contributed by atoms with Gasteiger partial charge in [0.25, 0.3) is 0 Å². The number of piperidine rings is 1. The van der Waals surface area contributed by atoms with E-state index in [0.29, 0.717) is 18.5 Å². The van der Waals surface area contributed by atoms with Gasteiger partial charge in [-0.1, -0.05) is 12.1 Å². The van der Waals surface area contributed by atoms with Gasteiger partial charge in [-0.3, -0.25) is 4.79 Å². The van der Waals surface area contributed by atoms with Crippen LogP contribution in [-0.4, -0.2) is 78.7 Å². The average Bonchev–Trinajstić information content (AvgIpc) is 3.68. The average molecular weight is 520 g/mol. The van der Waals surface area contributed by atoms with E-state index in [2.05, 4.69) is 15.3 Å². The van der Waals surface area contributed by atoms with E-state index in [1.165, 1.54) is 18.5 Å². The summed E-state index contributed by atoms with van der Waals surface area (Å²) < 4.78 is 54.2. The molecule has 8 nitrogen and oxygen atoms in total. The molecule has 198 valence electrons. The monoisotopic (exact) mass is 520 g/mol. The van der Waals surface area contributed by atoms with Crippen molar-refractivity contribution in [2.24, 2.45) is 11.7 Å². The van der Waals surface area contributed by atoms with Crippen LogP contribution in [0.25, 0.3) is 0 Å². The number of hydrogen-bond acceptors (Lipinski definition) is 7. The molecule has 4 N–H and O–H groups in total. The van der Waals surface area contributed by atoms with Crippen LogP contribution in [0.15, 0.2) is 30.6 Å². The van der Waals surface area contributed by atoms with E-state index in [1.807, 2.05) is 4.90 Å². The van der Waals surface area contributed by atoms with Gasteiger partial charge >= 0.3 is 6.18 Å². The first-order valence-corrected chi connectivity index (χ1v) is 12.3. The van der Waals surface area contributed by atoms with E-state index in [-0.39, 0.29) is 43.2 Å². The molecule has 1 aromatic heterocycles. The van der Waals surface area contributed by atoms with E-state index in [0.717, 1.165) is 25.0 Å². The number of carbonyl (C=O) groups excluding carboxylic acids is 1. The van der Waals surface area contributed by atoms with Crippen molar-refractivity contribution in [1.82, 2.24) is 14.9 Å². The standard InChI is InChI=1S/C23H30B2F4N6O2/c24-22(25,21(30)37)34-8-7-14(17(36)11-34)9-31-19-18(26)20(33-12-32-19)35(16-5-6-16)10-13-1-3-15(4-2-13)23(27,28)29/h1-4,12,14,16-17,36H,5-11,24-25H2,(H2,30,37)(H,31,32,33). The Balaban J connectivity index is 1.43. The van der Waals surface area contributed by atoms with Gasteiger partial charge in [-0.2, -0.15) is 17.6 Å². The second-order valence-electron chi connectivity index (χ2n) is 10.3. The lowest BCUT2D eigenvalue weighted by Crippen LogP contribution is -2.63. The van der Waals surface area contributed by atoms with Crippen LogP contribution in [0.5, 0.6) is 0 Å². The Hall–Kier alpha value is -2.86. The lowest BCUT2D eigenvalue weighted by molar-refractivity contribution is -0.137. The van der Waals surface area contributed by atoms with Gasteiger partial charge in [-0.25, -0.2) is 9.97 Å². The third-order valence-electron chi connectivity index (χ3n) is 7.31. The maximum absolute atomic E-state index is 15.5. The number of halogens is 4. The Morgan fingerprint density at radius 2 is 1.86 bits per heavy atom. The van der Waals surface area contributed by atoms with E-state index in [4.69, 9.17) is 5.73 Å². The second kappa shape index (κ2) is 10.5. The molecule has 2 fully saturated rings. The van der Waals surface area contributed by atoms with Crippen molar-refractivity contribution in [3.8, 4) is 0 Å². The summed E-state index contributed by atoms with van der Waals surface area (Å²) in [5.74, 6) is -1.23. The Kier molecular flexibility index (Phi) is 7.70. The zero-order valence-corrected chi connectivity index (χ0v) is 20.8. The SMILES string of the molecule is BC(B)(C(N)=O)N1CCC(CNc2ncnc(N(Cc3ccc(C(F)(F)F)cc3)C3CC3)c2F)C(O)C1. The quantitative estimate of drug-likeness (QED) is 0.323. The summed E-state index contributed by atoms with van der Waals surface area (Å²) in [5.41, 5.74) is 5.37. The molecule has 1 saturated carbocycles. The number of anilines is 2. The Bertz CT molecular complexity index is 1120. The molecule has 0 radical (unpaired) electrons. The summed E-state index contributed by atoms with van der Waals surface area (Å²) >= 11 is 0. The third-order valence-corrected chi connectivity index (χ3v) is 7.31. The number of rotatable bonds is 9. The largest absolute Gasteiger partial charge is 0.416 e. The molecule has 2 aromatic rings. The van der Waals surface area contributed by atoms with Gasteiger partial charge in [0.2, 0.25) is 11.7 Å². The number of primary amides is 1. The maximum Gasteiger partial charge on any atom is 0.416 e. The number of aliphatic hydroxyl groups excluding tert-OH is 1. The molecule has 1 saturated heterocycles. The second-order valence-corrected chi connectivity index (χ2v) is 10.3. The molecule has 4 rings (SSSR count). The van der Waals surface area contributed by atoms with Crippen molar-refractivity contribution < 1.29 is 27.5 Å². The minimum atomic E-state index is -4.42. The Morgan fingerprint density at radius 3 is 2.43 bits per heavy atom. The molecule has 1 amide bonds. The number of amides is 1. The molecule has 1 aliphatic carbocycles. The summed E-state index contributed by atoms with van der Waals surface area (Å²) in [4.78, 5) is 23.5. The van der Waals surface area contributed by atoms with Gasteiger partial charge in [0.15, 0.2) is 11.6 Å². The first-order valence-electron chi connectivity index (χ1n) is 12.3. The highest BCUT2D eigenvalue weighted by Crippen LogP contribution is 2.35. The number of β-amino-alcohol motifs (C(OH)–C–C–N with tert-alkyl or cyclic N) is 1. The van der Waals surface area contributed by atoms with Gasteiger partial charge in [-0.15, -0.1) is 0 Å². The predicted molar refractivity (Wildman–Crippen MR) is 136 cm³/mol. The maximum atomic E-state index is 15.5. The fourth-order valence-corrected chi connectivity index (χ4v) is 4.55. The predicted octanol–water partition coefficient (Wildman–Crippen LogP) is 0.303. The van der Waals surface area contributed by atoms with E-state index < -0.39 is 34.9 Å². The Morgan fingerprint density at radius 1 is 1.19 bits per heavy atom. The van der Waals surface area contributed by atoms with Crippen molar-refractivity contribution in [3.63, 3.8) is 0 Å². The molecular formula is C23H30B2F4N6O2. The summed E-state index contributed by atoms with van der Waals surface area (Å²) in [7, 11) is 3.43. The van der Waals surface area contributed by atoms with Gasteiger partial charge in [-0.05, 0) is 43.5 Å². The van der Waals surface area contributed by atoms with Crippen LogP contribution in [0.4, 0.5) is 29.2 Å². The number of likely N-dealkylation sites (tertiary alicyclic amines) is 1. The summed E-state index contributed by atoms with van der Waals surface area (Å²) in [6.07, 6.45) is -1.68. The lowest BCUT2D eigenvalue weighted by Gasteiger charge is -2.43. The van der Waals surface area contributed by atoms with Crippen molar-refractivity contribution in [2.45, 2.75) is 49.5 Å². The van der Waals surface area contributed by atoms with E-state index in [9.17, 15) is 23.1 Å². The molecule has 2 unspecified atom stereocenters. The number of nitrogens with one attached hydrogen (secondary N) is 1. The molecule has 37 heavy (non-hydrogen) atoms. The third kappa shape index (κ3) is 6.17. The van der Waals surface area contributed by atoms with Crippen LogP contribution in [0.1, 0.15) is 30.4 Å². The Labute approximate surface area is 214 Å². The molecule has 2 atom stereocenters. The minimum absolute atomic E-state index is 0.00448. The fourth-order valence-electron chi connectivity index (χ4n) is 4.55. The van der Waals surface area contributed by atoms with Crippen molar-refractivity contribution >= 4 is 33.2 Å². The van der Waals surface area contributed by atoms with Crippen LogP contribution in [-0.2, 0) is 17.5 Å². The first-order chi connectivity index (χ1) is 17.4. The number of aliphatic hydroxyl groups is 1. The number of carbonyl (C=O) groups is 1. The number of aromatic nitrogens is 2. The normalized spacial score (nSPS) is 21.0. The number of nitrogens with zero attached hydrogens (tertiary/aromatic N) is 4. The number of hydrogen-bond donors (Lipinski definition) is 3. The fraction of sp³-hybridized carbons (Fsp3) is 0.522. The molecule has 1 aromatic carbocycles. The van der Waals surface area contributed by atoms with Gasteiger partial charge in [0.1, 0.15) is 22.0 Å². The van der Waals surface area contributed by atoms with Crippen molar-refractivity contribution in [3.05, 3.63) is 47.5 Å². The molecule has 2 aliphatic rings. The van der Waals surface area contributed by atoms with Crippen LogP contribution in [0.3, 0.4) is 0 Å². The highest BCUT2D eigenvalue weighted by atomic mass is 19.4. The van der Waals surface area contributed by atoms with Gasteiger partial charge in [0, 0.05) is 36.9 Å². The van der Waals surface area contributed by atoms with E-state index >= 15 is 4.39 Å². The lowest BCUT2D eigenvalue weighted by atomic mass is 9.59. The molecule has 1 aliphatic heterocycles. The summed E-state index contributed by atoms with van der Waals surface area (Å²) in [5, 5.41) is 12.8. The molecule has 2 heterocycles. The minimum Gasteiger partial charge on any atom is -0.391 e. The van der Waals surface area contributed by atoms with Crippen LogP contribution < -0.4 is 16.0 Å². The topological polar surface area (TPSA) is 108 Å². The number of alkyl halides is 3. The van der Waals surface area contributed by atoms with Gasteiger partial charge < -0.3 is 26.0 Å². The van der Waals surface area contributed by atoms with Crippen LogP contribution in [0.2, 0.25) is 0 Å². The first kappa shape index (κ1) is 27.2. The highest BCUT2D eigenvalue weighted by Gasteiger charge is 2.39. The smallest absolute Gasteiger partial charge is 0.391 e.